The maximum absolute atomic E-state index is 13.1. The van der Waals surface area contributed by atoms with Crippen molar-refractivity contribution in [3.8, 4) is 5.75 Å². The molecule has 0 saturated carbocycles. The molecule has 1 aromatic rings. The molecule has 0 aromatic heterocycles. The Morgan fingerprint density at radius 1 is 0.895 bits per heavy atom. The molecule has 1 unspecified atom stereocenters. The maximum Gasteiger partial charge on any atom is 0.525 e. The molecule has 13 heteroatoms. The second-order valence-electron chi connectivity index (χ2n) is 2.79. The van der Waals surface area contributed by atoms with Crippen LogP contribution >= 0.6 is 14.6 Å². The first kappa shape index (κ1) is 16.1. The quantitative estimate of drug-likeness (QED) is 0.571. The average molecular weight is 328 g/mol. The van der Waals surface area contributed by atoms with Gasteiger partial charge in [0.2, 0.25) is 5.82 Å². The Labute approximate surface area is 101 Å². The first-order valence-electron chi connectivity index (χ1n) is 4.08. The fourth-order valence-electron chi connectivity index (χ4n) is 0.867. The van der Waals surface area contributed by atoms with E-state index in [-0.39, 0.29) is 0 Å². The third-order valence-corrected chi connectivity index (χ3v) is 5.84. The lowest BCUT2D eigenvalue weighted by atomic mass is 10.3. The van der Waals surface area contributed by atoms with Crippen molar-refractivity contribution in [1.82, 2.24) is 0 Å². The number of rotatable bonds is 6. The van der Waals surface area contributed by atoms with Gasteiger partial charge in [0.05, 0.1) is 0 Å². The second kappa shape index (κ2) is 5.98. The summed E-state index contributed by atoms with van der Waals surface area (Å²) in [7, 11) is -11.9. The van der Waals surface area contributed by atoms with Crippen molar-refractivity contribution in [2.75, 3.05) is 0 Å². The van der Waals surface area contributed by atoms with Gasteiger partial charge in [0.25, 0.3) is 0 Å². The van der Waals surface area contributed by atoms with Crippen LogP contribution in [0.3, 0.4) is 0 Å². The Bertz CT molecular complexity index is 545. The number of benzene rings is 1. The van der Waals surface area contributed by atoms with Gasteiger partial charge in [-0.15, -0.1) is 0 Å². The van der Waals surface area contributed by atoms with Crippen LogP contribution in [0.5, 0.6) is 5.75 Å². The van der Waals surface area contributed by atoms with Crippen LogP contribution in [0, 0.1) is 11.6 Å². The molecule has 0 amide bonds. The summed E-state index contributed by atoms with van der Waals surface area (Å²) < 4.78 is 95.1. The zero-order valence-corrected chi connectivity index (χ0v) is 10.3. The molecule has 0 radical (unpaired) electrons. The first-order chi connectivity index (χ1) is 8.83. The van der Waals surface area contributed by atoms with Gasteiger partial charge in [-0.1, -0.05) is 20.3 Å². The largest absolute Gasteiger partial charge is 0.525 e. The van der Waals surface area contributed by atoms with E-state index in [4.69, 9.17) is 0 Å². The van der Waals surface area contributed by atoms with Crippen molar-refractivity contribution in [3.05, 3.63) is 29.8 Å². The normalized spacial score (nSPS) is 15.0. The summed E-state index contributed by atoms with van der Waals surface area (Å²) in [5.41, 5.74) is 0. The highest BCUT2D eigenvalue weighted by Crippen LogP contribution is 2.83. The lowest BCUT2D eigenvalue weighted by molar-refractivity contribution is -0.0875. The van der Waals surface area contributed by atoms with E-state index in [1.165, 1.54) is 0 Å². The van der Waals surface area contributed by atoms with Crippen molar-refractivity contribution in [1.29, 1.82) is 0 Å². The van der Waals surface area contributed by atoms with E-state index in [1.807, 2.05) is 0 Å². The van der Waals surface area contributed by atoms with Crippen LogP contribution in [-0.4, -0.2) is 0 Å². The molecule has 0 heterocycles. The van der Waals surface area contributed by atoms with E-state index in [1.54, 1.807) is 0 Å². The van der Waals surface area contributed by atoms with Crippen molar-refractivity contribution in [2.45, 2.75) is 0 Å². The van der Waals surface area contributed by atoms with Crippen molar-refractivity contribution < 1.29 is 50.2 Å². The number of halogens is 5. The molecule has 6 nitrogen and oxygen atoms in total. The van der Waals surface area contributed by atoms with Crippen molar-refractivity contribution in [2.24, 2.45) is 0 Å². The third-order valence-electron chi connectivity index (χ3n) is 1.69. The topological polar surface area (TPSA) is 71.1 Å². The van der Waals surface area contributed by atoms with Gasteiger partial charge in [0.1, 0.15) is 0 Å². The van der Waals surface area contributed by atoms with Gasteiger partial charge in [0, 0.05) is 0 Å². The highest BCUT2D eigenvalue weighted by molar-refractivity contribution is 8.27. The summed E-state index contributed by atoms with van der Waals surface area (Å²) in [6.45, 7) is 0. The standard InChI is InChI=1S/C6H3F5O6P2/c7-4-2-1-3-5(6(4)8)14-18(12,15-9)19(13,16-10)17-11/h1-3H. The first-order valence-corrected chi connectivity index (χ1v) is 7.88. The number of hydrogen-bond acceptors (Lipinski definition) is 6. The fourth-order valence-corrected chi connectivity index (χ4v) is 2.88. The monoisotopic (exact) mass is 328 g/mol. The SMILES string of the molecule is O=P(OF)(OF)P(=O)(OF)Oc1cccc(F)c1F. The zero-order valence-electron chi connectivity index (χ0n) is 8.47. The minimum atomic E-state index is -5.99. The Morgan fingerprint density at radius 3 is 1.89 bits per heavy atom. The Balaban J connectivity index is 3.23. The van der Waals surface area contributed by atoms with E-state index < -0.39 is 32.0 Å². The van der Waals surface area contributed by atoms with Gasteiger partial charge >= 0.3 is 14.6 Å². The molecule has 0 aliphatic rings. The van der Waals surface area contributed by atoms with E-state index in [2.05, 4.69) is 18.7 Å². The van der Waals surface area contributed by atoms with Crippen LogP contribution < -0.4 is 4.52 Å². The third kappa shape index (κ3) is 2.96. The highest BCUT2D eigenvalue weighted by atomic mass is 32.1. The van der Waals surface area contributed by atoms with E-state index >= 15 is 0 Å². The summed E-state index contributed by atoms with van der Waals surface area (Å²) in [6, 6.07) is 2.00. The molecule has 0 N–H and O–H groups in total. The van der Waals surface area contributed by atoms with Crippen LogP contribution in [0.15, 0.2) is 18.2 Å². The molecule has 1 atom stereocenters. The van der Waals surface area contributed by atoms with E-state index in [9.17, 15) is 31.5 Å². The van der Waals surface area contributed by atoms with Crippen LogP contribution in [-0.2, 0) is 23.3 Å². The molecular weight excluding hydrogens is 325 g/mol. The predicted molar refractivity (Wildman–Crippen MR) is 48.8 cm³/mol. The second-order valence-corrected chi connectivity index (χ2v) is 8.20. The summed E-state index contributed by atoms with van der Waals surface area (Å²) >= 11 is 0. The van der Waals surface area contributed by atoms with Crippen LogP contribution in [0.1, 0.15) is 0 Å². The van der Waals surface area contributed by atoms with Crippen molar-refractivity contribution >= 4 is 14.6 Å². The Kier molecular flexibility index (Phi) is 5.05. The molecule has 0 saturated heterocycles. The van der Waals surface area contributed by atoms with Gasteiger partial charge < -0.3 is 4.52 Å². The number of hydrogen-bond donors (Lipinski definition) is 0. The zero-order chi connectivity index (χ0) is 14.7. The lowest BCUT2D eigenvalue weighted by Crippen LogP contribution is -1.99. The van der Waals surface area contributed by atoms with Gasteiger partial charge in [0.15, 0.2) is 11.6 Å². The van der Waals surface area contributed by atoms with Crippen LogP contribution in [0.4, 0.5) is 22.4 Å². The smallest absolute Gasteiger partial charge is 0.412 e. The molecule has 1 aromatic carbocycles. The molecular formula is C6H3F5O6P2. The maximum atomic E-state index is 13.1. The van der Waals surface area contributed by atoms with Gasteiger partial charge in [-0.05, 0) is 25.7 Å². The summed E-state index contributed by atoms with van der Waals surface area (Å²) in [6.07, 6.45) is 0. The minimum Gasteiger partial charge on any atom is -0.412 e. The van der Waals surface area contributed by atoms with Gasteiger partial charge in [-0.2, -0.15) is 4.39 Å². The van der Waals surface area contributed by atoms with Crippen LogP contribution in [0.2, 0.25) is 0 Å². The molecule has 19 heavy (non-hydrogen) atoms. The van der Waals surface area contributed by atoms with E-state index in [0.29, 0.717) is 12.1 Å². The highest BCUT2D eigenvalue weighted by Gasteiger charge is 2.57. The molecule has 1 rings (SSSR count). The average Bonchev–Trinajstić information content (AvgIpc) is 2.42. The lowest BCUT2D eigenvalue weighted by Gasteiger charge is -2.16. The van der Waals surface area contributed by atoms with Gasteiger partial charge in [-0.25, -0.2) is 13.5 Å². The van der Waals surface area contributed by atoms with Crippen LogP contribution in [0.25, 0.3) is 0 Å². The minimum absolute atomic E-state index is 0.588. The van der Waals surface area contributed by atoms with E-state index in [0.717, 1.165) is 6.07 Å². The molecule has 108 valence electrons. The van der Waals surface area contributed by atoms with Crippen molar-refractivity contribution in [3.63, 3.8) is 0 Å². The summed E-state index contributed by atoms with van der Waals surface area (Å²) in [5.74, 6) is -4.63. The summed E-state index contributed by atoms with van der Waals surface area (Å²) in [5, 5.41) is 0. The molecule has 0 spiro atoms. The predicted octanol–water partition coefficient (Wildman–Crippen LogP) is 4.35. The Hall–Kier alpha value is -0.990. The fraction of sp³-hybridized carbons (Fsp3) is 0. The van der Waals surface area contributed by atoms with Gasteiger partial charge in [-0.3, -0.25) is 0 Å². The molecule has 0 aliphatic heterocycles. The summed E-state index contributed by atoms with van der Waals surface area (Å²) in [4.78, 5) is 0. The Morgan fingerprint density at radius 2 is 1.42 bits per heavy atom. The molecule has 0 fully saturated rings. The molecule has 0 bridgehead atoms. The molecule has 0 aliphatic carbocycles.